The van der Waals surface area contributed by atoms with E-state index in [1.54, 1.807) is 26.8 Å². The van der Waals surface area contributed by atoms with E-state index in [1.165, 1.54) is 51.4 Å². The summed E-state index contributed by atoms with van der Waals surface area (Å²) >= 11 is 0. The number of benzene rings is 2. The van der Waals surface area contributed by atoms with Crippen LogP contribution in [0.4, 0.5) is 14.5 Å². The zero-order valence-corrected chi connectivity index (χ0v) is 21.6. The van der Waals surface area contributed by atoms with E-state index in [2.05, 4.69) is 5.32 Å². The molecule has 2 aromatic rings. The van der Waals surface area contributed by atoms with Gasteiger partial charge in [0.1, 0.15) is 24.2 Å². The van der Waals surface area contributed by atoms with Crippen LogP contribution >= 0.6 is 0 Å². The molecule has 35 heavy (non-hydrogen) atoms. The van der Waals surface area contributed by atoms with Gasteiger partial charge >= 0.3 is 10.2 Å². The number of halogens is 2. The highest BCUT2D eigenvalue weighted by molar-refractivity contribution is 7.90. The maximum atomic E-state index is 14.4. The highest BCUT2D eigenvalue weighted by Crippen LogP contribution is 2.22. The monoisotopic (exact) mass is 510 g/mol. The standard InChI is InChI=1S/C24H32F2N4O4S/c1-17(23(32)27-24(2,3)4)29(15-18-9-7-8-10-21(18)26)22(31)16-30(35(33,34)28(5)6)20-13-11-19(25)12-14-20/h7-14,17H,15-16H2,1-6H3,(H,27,32). The Morgan fingerprint density at radius 2 is 1.57 bits per heavy atom. The summed E-state index contributed by atoms with van der Waals surface area (Å²) in [4.78, 5) is 27.5. The third-order valence-electron chi connectivity index (χ3n) is 5.10. The number of nitrogens with zero attached hydrogens (tertiary/aromatic N) is 3. The number of carbonyl (C=O) groups is 2. The lowest BCUT2D eigenvalue weighted by Gasteiger charge is -2.34. The Balaban J connectivity index is 2.48. The van der Waals surface area contributed by atoms with Crippen molar-refractivity contribution in [1.29, 1.82) is 0 Å². The van der Waals surface area contributed by atoms with Gasteiger partial charge in [-0.1, -0.05) is 18.2 Å². The summed E-state index contributed by atoms with van der Waals surface area (Å²) in [7, 11) is -1.57. The van der Waals surface area contributed by atoms with Gasteiger partial charge in [-0.05, 0) is 58.0 Å². The molecule has 2 amide bonds. The summed E-state index contributed by atoms with van der Waals surface area (Å²) in [6.45, 7) is 5.88. The van der Waals surface area contributed by atoms with E-state index >= 15 is 0 Å². The number of rotatable bonds is 9. The molecular formula is C24H32F2N4O4S. The van der Waals surface area contributed by atoms with Crippen LogP contribution in [0.1, 0.15) is 33.3 Å². The summed E-state index contributed by atoms with van der Waals surface area (Å²) in [5.41, 5.74) is -0.363. The van der Waals surface area contributed by atoms with Crippen molar-refractivity contribution in [3.05, 3.63) is 65.7 Å². The molecule has 0 aliphatic heterocycles. The van der Waals surface area contributed by atoms with Crippen molar-refractivity contribution in [3.63, 3.8) is 0 Å². The molecule has 0 aromatic heterocycles. The molecule has 192 valence electrons. The fourth-order valence-electron chi connectivity index (χ4n) is 3.19. The Morgan fingerprint density at radius 3 is 2.09 bits per heavy atom. The van der Waals surface area contributed by atoms with Crippen LogP contribution in [-0.2, 0) is 26.3 Å². The first-order valence-electron chi connectivity index (χ1n) is 10.9. The van der Waals surface area contributed by atoms with Gasteiger partial charge in [-0.2, -0.15) is 12.7 Å². The molecule has 0 heterocycles. The van der Waals surface area contributed by atoms with Crippen LogP contribution in [0, 0.1) is 11.6 Å². The van der Waals surface area contributed by atoms with E-state index in [0.717, 1.165) is 25.6 Å². The number of carbonyl (C=O) groups excluding carboxylic acids is 2. The van der Waals surface area contributed by atoms with Gasteiger partial charge in [0.15, 0.2) is 0 Å². The first-order chi connectivity index (χ1) is 16.1. The van der Waals surface area contributed by atoms with E-state index in [-0.39, 0.29) is 17.8 Å². The van der Waals surface area contributed by atoms with Gasteiger partial charge in [0.25, 0.3) is 0 Å². The first kappa shape index (κ1) is 28.2. The Bertz CT molecular complexity index is 1150. The Hall–Kier alpha value is -3.05. The van der Waals surface area contributed by atoms with Crippen LogP contribution in [0.2, 0.25) is 0 Å². The predicted molar refractivity (Wildman–Crippen MR) is 131 cm³/mol. The molecule has 2 aromatic carbocycles. The molecule has 0 radical (unpaired) electrons. The van der Waals surface area contributed by atoms with Gasteiger partial charge in [-0.25, -0.2) is 13.1 Å². The molecule has 0 bridgehead atoms. The highest BCUT2D eigenvalue weighted by atomic mass is 32.2. The topological polar surface area (TPSA) is 90.0 Å². The van der Waals surface area contributed by atoms with E-state index in [4.69, 9.17) is 0 Å². The molecule has 1 unspecified atom stereocenters. The van der Waals surface area contributed by atoms with E-state index in [9.17, 15) is 26.8 Å². The Kier molecular flexibility index (Phi) is 8.96. The summed E-state index contributed by atoms with van der Waals surface area (Å²) in [5.74, 6) is -2.36. The zero-order chi connectivity index (χ0) is 26.6. The van der Waals surface area contributed by atoms with Gasteiger partial charge in [-0.3, -0.25) is 9.59 Å². The average molecular weight is 511 g/mol. The van der Waals surface area contributed by atoms with Crippen molar-refractivity contribution in [2.24, 2.45) is 0 Å². The van der Waals surface area contributed by atoms with Crippen LogP contribution in [0.25, 0.3) is 0 Å². The second-order valence-corrected chi connectivity index (χ2v) is 11.4. The Morgan fingerprint density at radius 1 is 1.00 bits per heavy atom. The number of hydrogen-bond donors (Lipinski definition) is 1. The number of nitrogens with one attached hydrogen (secondary N) is 1. The predicted octanol–water partition coefficient (Wildman–Crippen LogP) is 2.91. The van der Waals surface area contributed by atoms with E-state index in [1.807, 2.05) is 0 Å². The summed E-state index contributed by atoms with van der Waals surface area (Å²) in [5, 5.41) is 2.79. The quantitative estimate of drug-likeness (QED) is 0.562. The first-order valence-corrected chi connectivity index (χ1v) is 12.3. The molecular weight excluding hydrogens is 478 g/mol. The summed E-state index contributed by atoms with van der Waals surface area (Å²) in [6, 6.07) is 9.41. The van der Waals surface area contributed by atoms with Crippen molar-refractivity contribution in [2.45, 2.75) is 45.8 Å². The summed E-state index contributed by atoms with van der Waals surface area (Å²) in [6.07, 6.45) is 0. The lowest BCUT2D eigenvalue weighted by molar-refractivity contribution is -0.140. The number of amides is 2. The molecule has 1 atom stereocenters. The fourth-order valence-corrected chi connectivity index (χ4v) is 4.25. The zero-order valence-electron chi connectivity index (χ0n) is 20.7. The molecule has 0 aliphatic carbocycles. The second-order valence-electron chi connectivity index (χ2n) is 9.30. The lowest BCUT2D eigenvalue weighted by atomic mass is 10.1. The van der Waals surface area contributed by atoms with Crippen LogP contribution in [0.15, 0.2) is 48.5 Å². The fraction of sp³-hybridized carbons (Fsp3) is 0.417. The minimum absolute atomic E-state index is 0.0612. The summed E-state index contributed by atoms with van der Waals surface area (Å²) < 4.78 is 55.7. The average Bonchev–Trinajstić information content (AvgIpc) is 2.75. The Labute approximate surface area is 205 Å². The molecule has 0 aliphatic rings. The van der Waals surface area contributed by atoms with Crippen molar-refractivity contribution in [1.82, 2.24) is 14.5 Å². The van der Waals surface area contributed by atoms with Gasteiger partial charge in [0.2, 0.25) is 11.8 Å². The second kappa shape index (κ2) is 11.1. The van der Waals surface area contributed by atoms with Crippen LogP contribution in [-0.4, -0.2) is 61.7 Å². The molecule has 0 fully saturated rings. The minimum atomic E-state index is -4.17. The minimum Gasteiger partial charge on any atom is -0.350 e. The lowest BCUT2D eigenvalue weighted by Crippen LogP contribution is -2.55. The van der Waals surface area contributed by atoms with Crippen LogP contribution < -0.4 is 9.62 Å². The smallest absolute Gasteiger partial charge is 0.304 e. The molecule has 2 rings (SSSR count). The van der Waals surface area contributed by atoms with Crippen molar-refractivity contribution < 1.29 is 26.8 Å². The molecule has 1 N–H and O–H groups in total. The van der Waals surface area contributed by atoms with Crippen molar-refractivity contribution in [3.8, 4) is 0 Å². The largest absolute Gasteiger partial charge is 0.350 e. The molecule has 0 saturated heterocycles. The van der Waals surface area contributed by atoms with Crippen LogP contribution in [0.3, 0.4) is 0 Å². The van der Waals surface area contributed by atoms with Crippen molar-refractivity contribution in [2.75, 3.05) is 24.9 Å². The van der Waals surface area contributed by atoms with Crippen LogP contribution in [0.5, 0.6) is 0 Å². The SMILES string of the molecule is CC(C(=O)NC(C)(C)C)N(Cc1ccccc1F)C(=O)CN(c1ccc(F)cc1)S(=O)(=O)N(C)C. The number of hydrogen-bond acceptors (Lipinski definition) is 4. The van der Waals surface area contributed by atoms with Gasteiger partial charge < -0.3 is 10.2 Å². The van der Waals surface area contributed by atoms with Gasteiger partial charge in [0.05, 0.1) is 5.69 Å². The maximum absolute atomic E-state index is 14.4. The van der Waals surface area contributed by atoms with E-state index < -0.39 is 51.8 Å². The number of anilines is 1. The maximum Gasteiger partial charge on any atom is 0.304 e. The molecule has 0 spiro atoms. The van der Waals surface area contributed by atoms with E-state index in [0.29, 0.717) is 0 Å². The molecule has 11 heteroatoms. The molecule has 0 saturated carbocycles. The van der Waals surface area contributed by atoms with Crippen molar-refractivity contribution >= 4 is 27.7 Å². The third-order valence-corrected chi connectivity index (χ3v) is 6.92. The molecule has 8 nitrogen and oxygen atoms in total. The normalized spacial score (nSPS) is 12.8. The van der Waals surface area contributed by atoms with Gasteiger partial charge in [0, 0.05) is 31.7 Å². The highest BCUT2D eigenvalue weighted by Gasteiger charge is 2.33. The third kappa shape index (κ3) is 7.46. The van der Waals surface area contributed by atoms with Gasteiger partial charge in [-0.15, -0.1) is 0 Å².